The highest BCUT2D eigenvalue weighted by Gasteiger charge is 2.47. The Balaban J connectivity index is 2.02. The number of carbonyl (C=O) groups is 1. The van der Waals surface area contributed by atoms with Crippen LogP contribution in [0.25, 0.3) is 0 Å². The molecule has 4 rings (SSSR count). The average molecular weight is 639 g/mol. The van der Waals surface area contributed by atoms with E-state index in [1.165, 1.54) is 0 Å². The van der Waals surface area contributed by atoms with Crippen LogP contribution in [-0.4, -0.2) is 44.9 Å². The van der Waals surface area contributed by atoms with Crippen LogP contribution in [0.1, 0.15) is 0 Å². The Kier molecular flexibility index (Phi) is 8.06. The minimum Gasteiger partial charge on any atom is -0.265 e. The third kappa shape index (κ3) is 5.67. The van der Waals surface area contributed by atoms with Crippen LogP contribution in [0, 0.1) is 21.7 Å². The lowest BCUT2D eigenvalue weighted by Gasteiger charge is -2.29. The van der Waals surface area contributed by atoms with Crippen molar-refractivity contribution < 1.29 is 43.8 Å². The van der Waals surface area contributed by atoms with Gasteiger partial charge in [-0.3, -0.25) is 15.1 Å². The number of rotatable bonds is 8. The first-order valence-corrected chi connectivity index (χ1v) is 15.5. The molecule has 3 aromatic carbocycles. The predicted molar refractivity (Wildman–Crippen MR) is 141 cm³/mol. The van der Waals surface area contributed by atoms with Gasteiger partial charge >= 0.3 is 6.03 Å². The van der Waals surface area contributed by atoms with Crippen molar-refractivity contribution in [3.05, 3.63) is 119 Å². The molecular formula is C24H16F2N4O9S3. The standard InChI is InChI=1S/C24H16F2N4O9S3/c25-17-1-9-21(10-2-17)40(34,35)28(19-5-7-20(8-6-19)29(32)33)24(31)30(42(38,39)23-13-15-27-16-14-23)41(36,37)22-11-3-18(26)4-12-22/h1-16H. The molecule has 0 bridgehead atoms. The second-order valence-electron chi connectivity index (χ2n) is 8.12. The molecule has 1 heterocycles. The second kappa shape index (κ2) is 11.2. The Morgan fingerprint density at radius 2 is 1.05 bits per heavy atom. The van der Waals surface area contributed by atoms with E-state index in [4.69, 9.17) is 0 Å². The van der Waals surface area contributed by atoms with Crippen molar-refractivity contribution in [2.45, 2.75) is 14.7 Å². The highest BCUT2D eigenvalue weighted by molar-refractivity contribution is 8.05. The number of sulfonamides is 3. The number of aromatic nitrogens is 1. The summed E-state index contributed by atoms with van der Waals surface area (Å²) in [5, 5.41) is 11.1. The van der Waals surface area contributed by atoms with Gasteiger partial charge in [-0.15, -0.1) is 3.71 Å². The monoisotopic (exact) mass is 638 g/mol. The van der Waals surface area contributed by atoms with Crippen molar-refractivity contribution in [2.24, 2.45) is 0 Å². The maximum absolute atomic E-state index is 14.1. The molecule has 1 aromatic heterocycles. The van der Waals surface area contributed by atoms with Gasteiger partial charge in [-0.05, 0) is 72.8 Å². The lowest BCUT2D eigenvalue weighted by Crippen LogP contribution is -2.51. The number of anilines is 1. The predicted octanol–water partition coefficient (Wildman–Crippen LogP) is 3.66. The third-order valence-corrected chi connectivity index (χ3v) is 11.3. The van der Waals surface area contributed by atoms with E-state index in [1.54, 1.807) is 0 Å². The van der Waals surface area contributed by atoms with Crippen molar-refractivity contribution in [3.63, 3.8) is 0 Å². The Hall–Kier alpha value is -4.81. The van der Waals surface area contributed by atoms with Crippen LogP contribution < -0.4 is 4.31 Å². The van der Waals surface area contributed by atoms with E-state index in [0.717, 1.165) is 60.9 Å². The molecule has 18 heteroatoms. The summed E-state index contributed by atoms with van der Waals surface area (Å²) in [6.45, 7) is 0. The molecule has 218 valence electrons. The molecule has 0 radical (unpaired) electrons. The maximum atomic E-state index is 14.1. The molecule has 42 heavy (non-hydrogen) atoms. The first-order chi connectivity index (χ1) is 19.7. The number of carbonyl (C=O) groups excluding carboxylic acids is 1. The minimum atomic E-state index is -5.51. The van der Waals surface area contributed by atoms with Gasteiger partial charge in [0.05, 0.1) is 25.3 Å². The molecular weight excluding hydrogens is 622 g/mol. The molecule has 0 saturated carbocycles. The van der Waals surface area contributed by atoms with Crippen LogP contribution in [0.15, 0.2) is 112 Å². The summed E-state index contributed by atoms with van der Waals surface area (Å²) in [4.78, 5) is 25.5. The summed E-state index contributed by atoms with van der Waals surface area (Å²) in [5.41, 5.74) is -1.26. The summed E-state index contributed by atoms with van der Waals surface area (Å²) in [6, 6.07) is 8.09. The fourth-order valence-corrected chi connectivity index (χ4v) is 8.42. The van der Waals surface area contributed by atoms with Crippen molar-refractivity contribution in [1.82, 2.24) is 8.69 Å². The van der Waals surface area contributed by atoms with Crippen LogP contribution in [0.4, 0.5) is 25.0 Å². The van der Waals surface area contributed by atoms with E-state index in [1.807, 2.05) is 0 Å². The number of urea groups is 1. The molecule has 0 aliphatic carbocycles. The number of hydrogen-bond acceptors (Lipinski definition) is 10. The molecule has 0 aliphatic heterocycles. The molecule has 0 saturated heterocycles. The summed E-state index contributed by atoms with van der Waals surface area (Å²) >= 11 is 0. The number of non-ortho nitro benzene ring substituents is 1. The van der Waals surface area contributed by atoms with Gasteiger partial charge in [0, 0.05) is 24.5 Å². The van der Waals surface area contributed by atoms with Crippen LogP contribution in [0.5, 0.6) is 0 Å². The molecule has 0 aliphatic rings. The normalized spacial score (nSPS) is 12.0. The Morgan fingerprint density at radius 1 is 0.643 bits per heavy atom. The Morgan fingerprint density at radius 3 is 1.48 bits per heavy atom. The van der Waals surface area contributed by atoms with E-state index in [9.17, 15) is 48.9 Å². The number of pyridine rings is 1. The smallest absolute Gasteiger partial charge is 0.265 e. The number of hydrogen-bond donors (Lipinski definition) is 0. The molecule has 13 nitrogen and oxygen atoms in total. The highest BCUT2D eigenvalue weighted by atomic mass is 32.3. The zero-order chi connectivity index (χ0) is 30.9. The van der Waals surface area contributed by atoms with Gasteiger partial charge in [0.1, 0.15) is 11.6 Å². The van der Waals surface area contributed by atoms with Crippen LogP contribution >= 0.6 is 0 Å². The fraction of sp³-hybridized carbons (Fsp3) is 0. The lowest BCUT2D eigenvalue weighted by atomic mass is 10.3. The number of halogens is 2. The van der Waals surface area contributed by atoms with Gasteiger partial charge in [-0.1, -0.05) is 0 Å². The van der Waals surface area contributed by atoms with E-state index in [-0.39, 0.29) is 4.31 Å². The van der Waals surface area contributed by atoms with Crippen LogP contribution in [-0.2, 0) is 30.1 Å². The maximum Gasteiger partial charge on any atom is 0.367 e. The van der Waals surface area contributed by atoms with Gasteiger partial charge in [0.2, 0.25) is 0 Å². The summed E-state index contributed by atoms with van der Waals surface area (Å²) in [6.07, 6.45) is 1.92. The van der Waals surface area contributed by atoms with Gasteiger partial charge in [-0.2, -0.15) is 21.1 Å². The first-order valence-electron chi connectivity index (χ1n) is 11.2. The van der Waals surface area contributed by atoms with Crippen molar-refractivity contribution in [3.8, 4) is 0 Å². The number of nitrogens with zero attached hydrogens (tertiary/aromatic N) is 4. The van der Waals surface area contributed by atoms with Gasteiger partial charge in [0.15, 0.2) is 0 Å². The number of nitro benzene ring substituents is 1. The van der Waals surface area contributed by atoms with Crippen molar-refractivity contribution in [2.75, 3.05) is 4.31 Å². The van der Waals surface area contributed by atoms with Gasteiger partial charge in [-0.25, -0.2) is 22.0 Å². The van der Waals surface area contributed by atoms with Crippen LogP contribution in [0.3, 0.4) is 0 Å². The number of nitro groups is 1. The average Bonchev–Trinajstić information content (AvgIpc) is 2.94. The Labute approximate surface area is 237 Å². The molecule has 4 aromatic rings. The molecule has 0 atom stereocenters. The highest BCUT2D eigenvalue weighted by Crippen LogP contribution is 2.32. The fourth-order valence-electron chi connectivity index (χ4n) is 3.49. The number of benzene rings is 3. The van der Waals surface area contributed by atoms with Crippen molar-refractivity contribution >= 4 is 47.5 Å². The van der Waals surface area contributed by atoms with Crippen LogP contribution in [0.2, 0.25) is 0 Å². The lowest BCUT2D eigenvalue weighted by molar-refractivity contribution is -0.384. The molecule has 0 fully saturated rings. The summed E-state index contributed by atoms with van der Waals surface area (Å²) < 4.78 is 109. The molecule has 2 amide bonds. The summed E-state index contributed by atoms with van der Waals surface area (Å²) in [7, 11) is -16.2. The van der Waals surface area contributed by atoms with E-state index in [0.29, 0.717) is 36.4 Å². The third-order valence-electron chi connectivity index (χ3n) is 5.47. The van der Waals surface area contributed by atoms with E-state index in [2.05, 4.69) is 4.98 Å². The SMILES string of the molecule is O=C(N(c1ccc([N+](=O)[O-])cc1)S(=O)(=O)c1ccc(F)cc1)N(S(=O)(=O)c1ccncc1)S(=O)(=O)c1ccc(F)cc1. The largest absolute Gasteiger partial charge is 0.367 e. The van der Waals surface area contributed by atoms with Crippen molar-refractivity contribution in [1.29, 1.82) is 0 Å². The zero-order valence-corrected chi connectivity index (χ0v) is 23.1. The first kappa shape index (κ1) is 30.2. The molecule has 0 N–H and O–H groups in total. The zero-order valence-electron chi connectivity index (χ0n) is 20.7. The Bertz CT molecular complexity index is 1980. The van der Waals surface area contributed by atoms with Gasteiger partial charge in [0.25, 0.3) is 35.8 Å². The van der Waals surface area contributed by atoms with E-state index < -0.39 is 82.4 Å². The number of amides is 2. The summed E-state index contributed by atoms with van der Waals surface area (Å²) in [5.74, 6) is -1.78. The topological polar surface area (TPSA) is 182 Å². The molecule has 0 spiro atoms. The second-order valence-corrected chi connectivity index (χ2v) is 13.7. The quantitative estimate of drug-likeness (QED) is 0.204. The minimum absolute atomic E-state index is 0.218. The van der Waals surface area contributed by atoms with E-state index >= 15 is 0 Å². The van der Waals surface area contributed by atoms with Gasteiger partial charge < -0.3 is 0 Å². The molecule has 0 unspecified atom stereocenters.